The van der Waals surface area contributed by atoms with Crippen molar-refractivity contribution in [3.63, 3.8) is 0 Å². The van der Waals surface area contributed by atoms with Crippen LogP contribution in [-0.2, 0) is 6.18 Å². The summed E-state index contributed by atoms with van der Waals surface area (Å²) in [6, 6.07) is 6.92. The van der Waals surface area contributed by atoms with Crippen molar-refractivity contribution in [2.75, 3.05) is 0 Å². The lowest BCUT2D eigenvalue weighted by molar-refractivity contribution is -0.137. The van der Waals surface area contributed by atoms with Gasteiger partial charge in [0.2, 0.25) is 0 Å². The molecular formula is C20H15F4N3OS. The number of fused-ring (bicyclic) bond motifs is 1. The lowest BCUT2D eigenvalue weighted by atomic mass is 10.1. The SMILES string of the molecule is C=C(NC(=O)c1cccc2[nH]c(-c3cc(F)cc(C(F)(F)F)c3)nc12)S/C=C\C. The van der Waals surface area contributed by atoms with E-state index < -0.39 is 23.5 Å². The number of para-hydroxylation sites is 1. The van der Waals surface area contributed by atoms with Crippen molar-refractivity contribution in [2.24, 2.45) is 0 Å². The Balaban J connectivity index is 2.00. The van der Waals surface area contributed by atoms with Crippen molar-refractivity contribution in [3.8, 4) is 11.4 Å². The summed E-state index contributed by atoms with van der Waals surface area (Å²) in [4.78, 5) is 19.6. The van der Waals surface area contributed by atoms with Crippen LogP contribution in [0.25, 0.3) is 22.4 Å². The number of hydrogen-bond acceptors (Lipinski definition) is 3. The van der Waals surface area contributed by atoms with Gasteiger partial charge in [-0.1, -0.05) is 30.5 Å². The summed E-state index contributed by atoms with van der Waals surface area (Å²) in [6.07, 6.45) is -2.91. The molecule has 3 rings (SSSR count). The second kappa shape index (κ2) is 8.12. The molecule has 150 valence electrons. The van der Waals surface area contributed by atoms with Crippen LogP contribution in [0, 0.1) is 5.82 Å². The zero-order valence-corrected chi connectivity index (χ0v) is 15.9. The maximum absolute atomic E-state index is 13.7. The summed E-state index contributed by atoms with van der Waals surface area (Å²) >= 11 is 1.23. The van der Waals surface area contributed by atoms with E-state index in [4.69, 9.17) is 0 Å². The van der Waals surface area contributed by atoms with Crippen LogP contribution in [-0.4, -0.2) is 15.9 Å². The van der Waals surface area contributed by atoms with Crippen molar-refractivity contribution in [2.45, 2.75) is 13.1 Å². The van der Waals surface area contributed by atoms with Gasteiger partial charge in [-0.25, -0.2) is 9.37 Å². The molecule has 1 aromatic heterocycles. The minimum atomic E-state index is -4.70. The molecule has 4 nitrogen and oxygen atoms in total. The Morgan fingerprint density at radius 2 is 2.03 bits per heavy atom. The quantitative estimate of drug-likeness (QED) is 0.508. The first-order chi connectivity index (χ1) is 13.7. The number of alkyl halides is 3. The van der Waals surface area contributed by atoms with Crippen molar-refractivity contribution >= 4 is 28.7 Å². The van der Waals surface area contributed by atoms with Crippen LogP contribution in [0.2, 0.25) is 0 Å². The molecule has 0 unspecified atom stereocenters. The molecule has 1 amide bonds. The number of imidazole rings is 1. The molecule has 3 aromatic rings. The zero-order chi connectivity index (χ0) is 21.2. The van der Waals surface area contributed by atoms with E-state index >= 15 is 0 Å². The first kappa shape index (κ1) is 20.7. The number of H-pyrrole nitrogens is 1. The molecule has 0 aliphatic heterocycles. The molecule has 0 saturated carbocycles. The molecule has 0 saturated heterocycles. The minimum Gasteiger partial charge on any atom is -0.338 e. The molecule has 0 bridgehead atoms. The summed E-state index contributed by atoms with van der Waals surface area (Å²) in [5, 5.41) is 4.78. The molecule has 1 heterocycles. The molecule has 9 heteroatoms. The lowest BCUT2D eigenvalue weighted by Crippen LogP contribution is -2.20. The fraction of sp³-hybridized carbons (Fsp3) is 0.100. The van der Waals surface area contributed by atoms with Gasteiger partial charge in [0.15, 0.2) is 0 Å². The molecule has 2 aromatic carbocycles. The topological polar surface area (TPSA) is 57.8 Å². The summed E-state index contributed by atoms with van der Waals surface area (Å²) in [5.41, 5.74) is -0.310. The third kappa shape index (κ3) is 4.68. The number of thioether (sulfide) groups is 1. The largest absolute Gasteiger partial charge is 0.416 e. The maximum atomic E-state index is 13.7. The Morgan fingerprint density at radius 1 is 1.28 bits per heavy atom. The molecule has 29 heavy (non-hydrogen) atoms. The van der Waals surface area contributed by atoms with E-state index in [1.54, 1.807) is 23.6 Å². The molecule has 0 aliphatic carbocycles. The van der Waals surface area contributed by atoms with Gasteiger partial charge in [-0.3, -0.25) is 4.79 Å². The average Bonchev–Trinajstić information content (AvgIpc) is 3.09. The molecule has 0 radical (unpaired) electrons. The van der Waals surface area contributed by atoms with Gasteiger partial charge in [0, 0.05) is 5.56 Å². The number of amides is 1. The van der Waals surface area contributed by atoms with Crippen molar-refractivity contribution in [1.82, 2.24) is 15.3 Å². The van der Waals surface area contributed by atoms with Crippen molar-refractivity contribution in [3.05, 3.63) is 76.4 Å². The second-order valence-electron chi connectivity index (χ2n) is 5.98. The minimum absolute atomic E-state index is 0.0207. The third-order valence-corrected chi connectivity index (χ3v) is 4.65. The number of aromatic nitrogens is 2. The van der Waals surface area contributed by atoms with E-state index in [0.29, 0.717) is 16.6 Å². The molecule has 0 fully saturated rings. The average molecular weight is 421 g/mol. The predicted molar refractivity (Wildman–Crippen MR) is 106 cm³/mol. The fourth-order valence-electron chi connectivity index (χ4n) is 2.62. The summed E-state index contributed by atoms with van der Waals surface area (Å²) < 4.78 is 52.7. The lowest BCUT2D eigenvalue weighted by Gasteiger charge is -2.08. The number of aromatic amines is 1. The normalized spacial score (nSPS) is 11.9. The molecule has 0 atom stereocenters. The number of nitrogens with zero attached hydrogens (tertiary/aromatic N) is 1. The van der Waals surface area contributed by atoms with Gasteiger partial charge < -0.3 is 10.3 Å². The molecular weight excluding hydrogens is 406 g/mol. The summed E-state index contributed by atoms with van der Waals surface area (Å²) in [7, 11) is 0. The Hall–Kier alpha value is -3.07. The van der Waals surface area contributed by atoms with E-state index in [1.165, 1.54) is 17.8 Å². The highest BCUT2D eigenvalue weighted by atomic mass is 32.2. The van der Waals surface area contributed by atoms with Gasteiger partial charge in [0.1, 0.15) is 17.2 Å². The Morgan fingerprint density at radius 3 is 2.72 bits per heavy atom. The predicted octanol–water partition coefficient (Wildman–Crippen LogP) is 5.86. The Kier molecular flexibility index (Phi) is 5.78. The van der Waals surface area contributed by atoms with Gasteiger partial charge >= 0.3 is 6.18 Å². The van der Waals surface area contributed by atoms with E-state index in [0.717, 1.165) is 12.1 Å². The third-order valence-electron chi connectivity index (χ3n) is 3.86. The Labute approximate surface area is 167 Å². The standard InChI is InChI=1S/C20H15F4N3OS/c1-3-7-29-11(2)25-19(28)15-5-4-6-16-17(15)27-18(26-16)12-8-13(20(22,23)24)10-14(21)9-12/h3-10H,2H2,1H3,(H,25,28)(H,26,27)/b7-3-. The van der Waals surface area contributed by atoms with E-state index in [-0.39, 0.29) is 22.5 Å². The van der Waals surface area contributed by atoms with Gasteiger partial charge in [-0.05, 0) is 42.7 Å². The van der Waals surface area contributed by atoms with Crippen LogP contribution in [0.15, 0.2) is 59.5 Å². The fourth-order valence-corrected chi connectivity index (χ4v) is 3.07. The van der Waals surface area contributed by atoms with E-state index in [2.05, 4.69) is 21.9 Å². The molecule has 0 spiro atoms. The smallest absolute Gasteiger partial charge is 0.338 e. The van der Waals surface area contributed by atoms with Gasteiger partial charge in [-0.2, -0.15) is 13.2 Å². The number of carbonyl (C=O) groups excluding carboxylic acids is 1. The number of hydrogen-bond donors (Lipinski definition) is 2. The van der Waals surface area contributed by atoms with Crippen LogP contribution in [0.4, 0.5) is 17.6 Å². The highest BCUT2D eigenvalue weighted by Gasteiger charge is 2.31. The molecule has 0 aliphatic rings. The van der Waals surface area contributed by atoms with E-state index in [9.17, 15) is 22.4 Å². The first-order valence-electron chi connectivity index (χ1n) is 8.34. The van der Waals surface area contributed by atoms with Crippen LogP contribution < -0.4 is 5.32 Å². The number of allylic oxidation sites excluding steroid dienone is 1. The number of nitrogens with one attached hydrogen (secondary N) is 2. The number of benzene rings is 2. The van der Waals surface area contributed by atoms with E-state index in [1.807, 2.05) is 6.92 Å². The highest BCUT2D eigenvalue weighted by Crippen LogP contribution is 2.33. The monoisotopic (exact) mass is 421 g/mol. The van der Waals surface area contributed by atoms with Gasteiger partial charge in [0.05, 0.1) is 21.7 Å². The number of carbonyl (C=O) groups is 1. The van der Waals surface area contributed by atoms with Crippen molar-refractivity contribution < 1.29 is 22.4 Å². The van der Waals surface area contributed by atoms with Crippen LogP contribution in [0.5, 0.6) is 0 Å². The number of halogens is 4. The highest BCUT2D eigenvalue weighted by molar-refractivity contribution is 8.05. The molecule has 2 N–H and O–H groups in total. The maximum Gasteiger partial charge on any atom is 0.416 e. The first-order valence-corrected chi connectivity index (χ1v) is 9.22. The number of rotatable bonds is 5. The summed E-state index contributed by atoms with van der Waals surface area (Å²) in [5.74, 6) is -1.48. The van der Waals surface area contributed by atoms with Gasteiger partial charge in [0.25, 0.3) is 5.91 Å². The Bertz CT molecular complexity index is 1120. The van der Waals surface area contributed by atoms with Crippen molar-refractivity contribution in [1.29, 1.82) is 0 Å². The zero-order valence-electron chi connectivity index (χ0n) is 15.1. The van der Waals surface area contributed by atoms with Crippen LogP contribution in [0.3, 0.4) is 0 Å². The van der Waals surface area contributed by atoms with Gasteiger partial charge in [-0.15, -0.1) is 0 Å². The van der Waals surface area contributed by atoms with Crippen LogP contribution in [0.1, 0.15) is 22.8 Å². The van der Waals surface area contributed by atoms with Crippen LogP contribution >= 0.6 is 11.8 Å². The summed E-state index contributed by atoms with van der Waals surface area (Å²) in [6.45, 7) is 5.56. The second-order valence-corrected chi connectivity index (χ2v) is 6.98.